The van der Waals surface area contributed by atoms with E-state index in [1.54, 1.807) is 11.6 Å². The smallest absolute Gasteiger partial charge is 0.388 e. The molecule has 0 amide bonds. The summed E-state index contributed by atoms with van der Waals surface area (Å²) in [5.74, 6) is -0.138. The lowest BCUT2D eigenvalue weighted by atomic mass is 10.0. The van der Waals surface area contributed by atoms with E-state index < -0.39 is 17.3 Å². The number of hydrogen-bond donors (Lipinski definition) is 2. The first-order valence-electron chi connectivity index (χ1n) is 8.83. The highest BCUT2D eigenvalue weighted by atomic mass is 35.5. The third-order valence-corrected chi connectivity index (χ3v) is 5.62. The second-order valence-corrected chi connectivity index (χ2v) is 7.81. The standard InChI is InChI=1S/C17H19ClF3N5O/c1-16(27)6-2-3-12(16)26-14(18)11(8-23-26)24-15-22-7-10(17(19,20)21)13(25-15)9-4-5-9/h7-9,12,27H,2-6H2,1H3,(H,22,24,25)/t12?,16-/m0/s1. The first kappa shape index (κ1) is 18.5. The summed E-state index contributed by atoms with van der Waals surface area (Å²) in [6.45, 7) is 1.75. The molecule has 6 nitrogen and oxygen atoms in total. The van der Waals surface area contributed by atoms with E-state index in [1.165, 1.54) is 6.20 Å². The zero-order valence-corrected chi connectivity index (χ0v) is 15.3. The van der Waals surface area contributed by atoms with Gasteiger partial charge < -0.3 is 10.4 Å². The second kappa shape index (κ2) is 6.34. The Morgan fingerprint density at radius 3 is 2.63 bits per heavy atom. The summed E-state index contributed by atoms with van der Waals surface area (Å²) in [4.78, 5) is 7.89. The fourth-order valence-corrected chi connectivity index (χ4v) is 3.88. The van der Waals surface area contributed by atoms with Crippen molar-refractivity contribution in [3.8, 4) is 0 Å². The van der Waals surface area contributed by atoms with Gasteiger partial charge in [0.1, 0.15) is 0 Å². The van der Waals surface area contributed by atoms with Gasteiger partial charge in [-0.25, -0.2) is 14.6 Å². The van der Waals surface area contributed by atoms with E-state index in [0.717, 1.165) is 19.0 Å². The highest BCUT2D eigenvalue weighted by Gasteiger charge is 2.41. The molecule has 0 radical (unpaired) electrons. The average molecular weight is 402 g/mol. The maximum absolute atomic E-state index is 13.1. The zero-order valence-electron chi connectivity index (χ0n) is 14.6. The van der Waals surface area contributed by atoms with E-state index in [1.807, 2.05) is 0 Å². The summed E-state index contributed by atoms with van der Waals surface area (Å²) in [5.41, 5.74) is -1.29. The topological polar surface area (TPSA) is 75.9 Å². The number of rotatable bonds is 4. The molecule has 0 saturated heterocycles. The molecule has 4 rings (SSSR count). The van der Waals surface area contributed by atoms with Crippen molar-refractivity contribution in [1.29, 1.82) is 0 Å². The Morgan fingerprint density at radius 1 is 1.30 bits per heavy atom. The van der Waals surface area contributed by atoms with Gasteiger partial charge >= 0.3 is 6.18 Å². The van der Waals surface area contributed by atoms with Gasteiger partial charge in [-0.1, -0.05) is 11.6 Å². The van der Waals surface area contributed by atoms with Crippen molar-refractivity contribution in [3.63, 3.8) is 0 Å². The lowest BCUT2D eigenvalue weighted by molar-refractivity contribution is -0.138. The van der Waals surface area contributed by atoms with Gasteiger partial charge in [0, 0.05) is 12.1 Å². The lowest BCUT2D eigenvalue weighted by Gasteiger charge is -2.26. The molecule has 2 aromatic rings. The molecule has 0 bridgehead atoms. The maximum Gasteiger partial charge on any atom is 0.419 e. The second-order valence-electron chi connectivity index (χ2n) is 7.45. The van der Waals surface area contributed by atoms with Crippen LogP contribution in [0.2, 0.25) is 5.15 Å². The monoisotopic (exact) mass is 401 g/mol. The van der Waals surface area contributed by atoms with Gasteiger partial charge in [-0.05, 0) is 39.0 Å². The predicted molar refractivity (Wildman–Crippen MR) is 93.0 cm³/mol. The highest BCUT2D eigenvalue weighted by molar-refractivity contribution is 6.32. The number of nitrogens with one attached hydrogen (secondary N) is 1. The SMILES string of the molecule is C[C@]1(O)CCCC1n1ncc(Nc2ncc(C(F)(F)F)c(C3CC3)n2)c1Cl. The lowest BCUT2D eigenvalue weighted by Crippen LogP contribution is -2.31. The van der Waals surface area contributed by atoms with Crippen molar-refractivity contribution in [3.05, 3.63) is 28.8 Å². The minimum absolute atomic E-state index is 0.0160. The maximum atomic E-state index is 13.1. The van der Waals surface area contributed by atoms with E-state index >= 15 is 0 Å². The Morgan fingerprint density at radius 2 is 2.04 bits per heavy atom. The minimum Gasteiger partial charge on any atom is -0.388 e. The molecule has 0 aromatic carbocycles. The predicted octanol–water partition coefficient (Wildman–Crippen LogP) is 4.44. The van der Waals surface area contributed by atoms with Crippen molar-refractivity contribution in [2.24, 2.45) is 0 Å². The molecule has 27 heavy (non-hydrogen) atoms. The van der Waals surface area contributed by atoms with E-state index in [9.17, 15) is 18.3 Å². The van der Waals surface area contributed by atoms with Crippen molar-refractivity contribution in [2.75, 3.05) is 5.32 Å². The van der Waals surface area contributed by atoms with Crippen LogP contribution in [-0.2, 0) is 6.18 Å². The summed E-state index contributed by atoms with van der Waals surface area (Å²) in [6.07, 6.45) is 1.44. The quantitative estimate of drug-likeness (QED) is 0.792. The number of nitrogens with zero attached hydrogens (tertiary/aromatic N) is 4. The first-order valence-corrected chi connectivity index (χ1v) is 9.21. The Bertz CT molecular complexity index is 863. The molecular formula is C17H19ClF3N5O. The number of aliphatic hydroxyl groups is 1. The van der Waals surface area contributed by atoms with Gasteiger partial charge in [0.25, 0.3) is 0 Å². The number of hydrogen-bond acceptors (Lipinski definition) is 5. The normalized spacial score (nSPS) is 25.8. The van der Waals surface area contributed by atoms with Gasteiger partial charge in [0.05, 0.1) is 34.8 Å². The van der Waals surface area contributed by atoms with E-state index in [0.29, 0.717) is 24.9 Å². The van der Waals surface area contributed by atoms with Crippen LogP contribution in [0.25, 0.3) is 0 Å². The van der Waals surface area contributed by atoms with Gasteiger partial charge in [0.2, 0.25) is 5.95 Å². The van der Waals surface area contributed by atoms with Crippen molar-refractivity contribution in [1.82, 2.24) is 19.7 Å². The van der Waals surface area contributed by atoms with Gasteiger partial charge in [-0.2, -0.15) is 18.3 Å². The van der Waals surface area contributed by atoms with Gasteiger partial charge in [0.15, 0.2) is 5.15 Å². The molecule has 2 aliphatic carbocycles. The van der Waals surface area contributed by atoms with E-state index in [4.69, 9.17) is 11.6 Å². The fourth-order valence-electron chi connectivity index (χ4n) is 3.63. The summed E-state index contributed by atoms with van der Waals surface area (Å²) in [6, 6.07) is -0.254. The van der Waals surface area contributed by atoms with E-state index in [-0.39, 0.29) is 28.8 Å². The molecule has 2 N–H and O–H groups in total. The van der Waals surface area contributed by atoms with Crippen LogP contribution in [0.1, 0.15) is 62.2 Å². The molecule has 2 aromatic heterocycles. The summed E-state index contributed by atoms with van der Waals surface area (Å²) >= 11 is 6.39. The molecule has 2 fully saturated rings. The molecule has 0 aliphatic heterocycles. The van der Waals surface area contributed by atoms with Crippen molar-refractivity contribution < 1.29 is 18.3 Å². The Hall–Kier alpha value is -1.87. The Balaban J connectivity index is 1.61. The summed E-state index contributed by atoms with van der Waals surface area (Å²) in [5, 5.41) is 17.8. The van der Waals surface area contributed by atoms with Crippen LogP contribution in [0.15, 0.2) is 12.4 Å². The Labute approximate surface area is 158 Å². The Kier molecular flexibility index (Phi) is 4.34. The van der Waals surface area contributed by atoms with E-state index in [2.05, 4.69) is 20.4 Å². The molecule has 2 atom stereocenters. The molecule has 0 spiro atoms. The highest BCUT2D eigenvalue weighted by Crippen LogP contribution is 2.45. The van der Waals surface area contributed by atoms with Crippen LogP contribution in [0.3, 0.4) is 0 Å². The largest absolute Gasteiger partial charge is 0.419 e. The molecule has 1 unspecified atom stereocenters. The molecule has 10 heteroatoms. The molecule has 2 saturated carbocycles. The molecule has 2 aliphatic rings. The van der Waals surface area contributed by atoms with Crippen LogP contribution in [0, 0.1) is 0 Å². The van der Waals surface area contributed by atoms with Crippen molar-refractivity contribution in [2.45, 2.75) is 62.8 Å². The fraction of sp³-hybridized carbons (Fsp3) is 0.588. The minimum atomic E-state index is -4.48. The van der Waals surface area contributed by atoms with Gasteiger partial charge in [-0.3, -0.25) is 0 Å². The van der Waals surface area contributed by atoms with Crippen LogP contribution in [0.5, 0.6) is 0 Å². The molecule has 146 valence electrons. The number of alkyl halides is 3. The van der Waals surface area contributed by atoms with Crippen LogP contribution < -0.4 is 5.32 Å². The van der Waals surface area contributed by atoms with Crippen LogP contribution in [-0.4, -0.2) is 30.5 Å². The summed E-state index contributed by atoms with van der Waals surface area (Å²) in [7, 11) is 0. The molecule has 2 heterocycles. The van der Waals surface area contributed by atoms with Crippen LogP contribution >= 0.6 is 11.6 Å². The van der Waals surface area contributed by atoms with Gasteiger partial charge in [-0.15, -0.1) is 0 Å². The number of halogens is 4. The third kappa shape index (κ3) is 3.50. The average Bonchev–Trinajstić information content (AvgIpc) is 3.29. The molecular weight excluding hydrogens is 383 g/mol. The summed E-state index contributed by atoms with van der Waals surface area (Å²) < 4.78 is 41.0. The van der Waals surface area contributed by atoms with Crippen molar-refractivity contribution >= 4 is 23.2 Å². The first-order chi connectivity index (χ1) is 12.7. The van der Waals surface area contributed by atoms with Crippen LogP contribution in [0.4, 0.5) is 24.8 Å². The number of anilines is 2. The zero-order chi connectivity index (χ0) is 19.4. The third-order valence-electron chi connectivity index (χ3n) is 5.24. The number of aromatic nitrogens is 4.